The molecule has 3 nitrogen and oxygen atoms in total. The van der Waals surface area contributed by atoms with Crippen molar-refractivity contribution >= 4 is 11.1 Å². The summed E-state index contributed by atoms with van der Waals surface area (Å²) < 4.78 is 13.3. The molecule has 32 valence electrons. The first-order valence-electron chi connectivity index (χ1n) is 0.977. The normalized spacial score (nSPS) is 14.8. The van der Waals surface area contributed by atoms with Crippen molar-refractivity contribution in [1.29, 1.82) is 0 Å². The van der Waals surface area contributed by atoms with Gasteiger partial charge in [0.05, 0.1) is 0 Å². The molecule has 0 fully saturated rings. The van der Waals surface area contributed by atoms with Crippen molar-refractivity contribution in [3.63, 3.8) is 0 Å². The minimum Gasteiger partial charge on any atom is -0.229 e. The first-order valence-corrected chi connectivity index (χ1v) is 2.46. The van der Waals surface area contributed by atoms with Crippen LogP contribution in [0.25, 0.3) is 0 Å². The highest BCUT2D eigenvalue weighted by molar-refractivity contribution is 7.79. The van der Waals surface area contributed by atoms with E-state index in [1.54, 1.807) is 0 Å². The molecule has 0 aliphatic heterocycles. The summed E-state index contributed by atoms with van der Waals surface area (Å²) in [5.41, 5.74) is 0. The summed E-state index contributed by atoms with van der Waals surface area (Å²) in [5.74, 6) is 4.37. The molecular weight excluding hydrogens is 90.1 g/mol. The molecule has 0 aliphatic rings. The molecule has 1 unspecified atom stereocenters. The van der Waals surface area contributed by atoms with Gasteiger partial charge in [-0.1, -0.05) is 0 Å². The summed E-state index contributed by atoms with van der Waals surface area (Å²) in [6.45, 7) is 0. The molecule has 0 radical (unpaired) electrons. The highest BCUT2D eigenvalue weighted by Gasteiger charge is 1.73. The molecule has 0 spiro atoms. The third kappa shape index (κ3) is 4.07. The first-order chi connectivity index (χ1) is 2.27. The van der Waals surface area contributed by atoms with Gasteiger partial charge in [-0.25, -0.2) is 8.49 Å². The summed E-state index contributed by atoms with van der Waals surface area (Å²) in [6, 6.07) is 0. The second-order valence-electron chi connectivity index (χ2n) is 0.498. The van der Waals surface area contributed by atoms with Gasteiger partial charge in [0.25, 0.3) is 0 Å². The van der Waals surface area contributed by atoms with E-state index in [1.807, 2.05) is 0 Å². The van der Waals surface area contributed by atoms with E-state index in [0.717, 1.165) is 0 Å². The van der Waals surface area contributed by atoms with Crippen LogP contribution in [0.5, 0.6) is 0 Å². The average molecular weight is 95.1 g/mol. The Balaban J connectivity index is 2.85. The van der Waals surface area contributed by atoms with E-state index in [2.05, 4.69) is 10.2 Å². The van der Waals surface area contributed by atoms with Gasteiger partial charge in [0.15, 0.2) is 11.1 Å². The molecule has 0 saturated carbocycles. The van der Waals surface area contributed by atoms with Crippen molar-refractivity contribution in [1.82, 2.24) is 0 Å². The standard InChI is InChI=1S/CH5NO2S/c1-5(3)4-2/h2H2,1H3. The molecule has 0 aromatic rings. The molecule has 0 rings (SSSR count). The van der Waals surface area contributed by atoms with Crippen LogP contribution in [-0.2, 0) is 15.4 Å². The van der Waals surface area contributed by atoms with Crippen LogP contribution in [-0.4, -0.2) is 10.5 Å². The molecule has 0 saturated heterocycles. The molecule has 2 N–H and O–H groups in total. The Morgan fingerprint density at radius 2 is 2.20 bits per heavy atom. The lowest BCUT2D eigenvalue weighted by Crippen LogP contribution is -1.99. The van der Waals surface area contributed by atoms with Gasteiger partial charge in [-0.15, -0.1) is 0 Å². The molecule has 0 amide bonds. The molecule has 1 atom stereocenters. The predicted octanol–water partition coefficient (Wildman–Crippen LogP) is -0.830. The minimum atomic E-state index is -1.29. The summed E-state index contributed by atoms with van der Waals surface area (Å²) >= 11 is -1.29. The molecule has 0 aliphatic carbocycles. The van der Waals surface area contributed by atoms with E-state index >= 15 is 0 Å². The van der Waals surface area contributed by atoms with Crippen LogP contribution in [0.15, 0.2) is 0 Å². The van der Waals surface area contributed by atoms with Gasteiger partial charge in [0, 0.05) is 6.26 Å². The summed E-state index contributed by atoms with van der Waals surface area (Å²) in [5, 5.41) is 0. The SMILES string of the molecule is CS(=O)ON. The lowest BCUT2D eigenvalue weighted by Gasteiger charge is -1.77. The van der Waals surface area contributed by atoms with E-state index in [-0.39, 0.29) is 0 Å². The first kappa shape index (κ1) is 5.07. The Morgan fingerprint density at radius 3 is 2.20 bits per heavy atom. The number of rotatable bonds is 1. The fraction of sp³-hybridized carbons (Fsp3) is 1.00. The molecule has 5 heavy (non-hydrogen) atoms. The Morgan fingerprint density at radius 1 is 2.00 bits per heavy atom. The van der Waals surface area contributed by atoms with E-state index in [4.69, 9.17) is 0 Å². The maximum atomic E-state index is 9.58. The van der Waals surface area contributed by atoms with Gasteiger partial charge < -0.3 is 0 Å². The molecule has 0 aromatic heterocycles. The van der Waals surface area contributed by atoms with Gasteiger partial charge >= 0.3 is 0 Å². The van der Waals surface area contributed by atoms with E-state index in [0.29, 0.717) is 0 Å². The van der Waals surface area contributed by atoms with Crippen LogP contribution in [0.3, 0.4) is 0 Å². The Bertz CT molecular complexity index is 44.9. The van der Waals surface area contributed by atoms with Crippen LogP contribution in [0.2, 0.25) is 0 Å². The molecule has 0 aromatic carbocycles. The highest BCUT2D eigenvalue weighted by Crippen LogP contribution is 1.60. The predicted molar refractivity (Wildman–Crippen MR) is 19.3 cm³/mol. The number of hydrogen-bond donors (Lipinski definition) is 1. The van der Waals surface area contributed by atoms with E-state index in [1.165, 1.54) is 6.26 Å². The van der Waals surface area contributed by atoms with E-state index in [9.17, 15) is 4.21 Å². The van der Waals surface area contributed by atoms with Crippen LogP contribution in [0.4, 0.5) is 0 Å². The average Bonchev–Trinajstić information content (AvgIpc) is 1.38. The number of hydrogen-bond acceptors (Lipinski definition) is 3. The fourth-order valence-electron chi connectivity index (χ4n) is 0. The van der Waals surface area contributed by atoms with Crippen molar-refractivity contribution in [2.24, 2.45) is 5.90 Å². The van der Waals surface area contributed by atoms with Crippen molar-refractivity contribution in [2.75, 3.05) is 6.26 Å². The van der Waals surface area contributed by atoms with Crippen LogP contribution >= 0.6 is 0 Å². The molecular formula is CH5NO2S. The third-order valence-corrected chi connectivity index (χ3v) is 0.407. The largest absolute Gasteiger partial charge is 0.229 e. The summed E-state index contributed by atoms with van der Waals surface area (Å²) in [6.07, 6.45) is 1.35. The second kappa shape index (κ2) is 2.32. The van der Waals surface area contributed by atoms with Crippen molar-refractivity contribution in [3.05, 3.63) is 0 Å². The number of nitrogens with two attached hydrogens (primary N) is 1. The molecule has 0 heterocycles. The van der Waals surface area contributed by atoms with Crippen LogP contribution < -0.4 is 5.90 Å². The summed E-state index contributed by atoms with van der Waals surface area (Å²) in [7, 11) is 0. The Hall–Kier alpha value is 0.0700. The quantitative estimate of drug-likeness (QED) is 0.432. The zero-order valence-electron chi connectivity index (χ0n) is 2.80. The lowest BCUT2D eigenvalue weighted by molar-refractivity contribution is 0.370. The van der Waals surface area contributed by atoms with Gasteiger partial charge in [0.2, 0.25) is 0 Å². The van der Waals surface area contributed by atoms with Crippen molar-refractivity contribution < 1.29 is 8.49 Å². The molecule has 4 heteroatoms. The van der Waals surface area contributed by atoms with Gasteiger partial charge in [-0.2, -0.15) is 5.90 Å². The molecule has 0 bridgehead atoms. The Kier molecular flexibility index (Phi) is 2.35. The zero-order chi connectivity index (χ0) is 4.28. The maximum absolute atomic E-state index is 9.58. The van der Waals surface area contributed by atoms with Crippen molar-refractivity contribution in [2.45, 2.75) is 0 Å². The fourth-order valence-corrected chi connectivity index (χ4v) is 0. The topological polar surface area (TPSA) is 52.3 Å². The van der Waals surface area contributed by atoms with Gasteiger partial charge in [-0.3, -0.25) is 0 Å². The monoisotopic (exact) mass is 95.0 g/mol. The zero-order valence-corrected chi connectivity index (χ0v) is 3.62. The minimum absolute atomic E-state index is 1.29. The highest BCUT2D eigenvalue weighted by atomic mass is 32.2. The van der Waals surface area contributed by atoms with E-state index < -0.39 is 11.1 Å². The Labute approximate surface area is 32.7 Å². The third-order valence-electron chi connectivity index (χ3n) is 0.136. The smallest absolute Gasteiger partial charge is 0.169 e. The maximum Gasteiger partial charge on any atom is 0.169 e. The van der Waals surface area contributed by atoms with Crippen LogP contribution in [0, 0.1) is 0 Å². The van der Waals surface area contributed by atoms with Gasteiger partial charge in [-0.05, 0) is 0 Å². The van der Waals surface area contributed by atoms with Crippen LogP contribution in [0.1, 0.15) is 0 Å². The van der Waals surface area contributed by atoms with Gasteiger partial charge in [0.1, 0.15) is 0 Å². The summed E-state index contributed by atoms with van der Waals surface area (Å²) in [4.78, 5) is 0. The second-order valence-corrected chi connectivity index (χ2v) is 1.49. The van der Waals surface area contributed by atoms with Crippen molar-refractivity contribution in [3.8, 4) is 0 Å². The lowest BCUT2D eigenvalue weighted by atomic mass is 12.0.